The molecule has 0 amide bonds. The number of aryl methyl sites for hydroxylation is 1. The first-order chi connectivity index (χ1) is 13.5. The number of nitrogens with zero attached hydrogens (tertiary/aromatic N) is 1. The van der Waals surface area contributed by atoms with Crippen molar-refractivity contribution < 1.29 is 8.78 Å². The van der Waals surface area contributed by atoms with E-state index in [0.717, 1.165) is 21.0 Å². The number of thioether (sulfide) groups is 1. The van der Waals surface area contributed by atoms with Crippen molar-refractivity contribution in [1.82, 2.24) is 4.98 Å². The maximum atomic E-state index is 14.8. The smallest absolute Gasteiger partial charge is 0.136 e. The van der Waals surface area contributed by atoms with Gasteiger partial charge in [0.1, 0.15) is 11.6 Å². The van der Waals surface area contributed by atoms with Crippen LogP contribution in [0, 0.1) is 18.6 Å². The lowest BCUT2D eigenvalue weighted by atomic mass is 10.0. The second kappa shape index (κ2) is 8.02. The summed E-state index contributed by atoms with van der Waals surface area (Å²) in [6, 6.07) is 20.1. The molecule has 0 aliphatic rings. The number of pyridine rings is 1. The lowest BCUT2D eigenvalue weighted by Crippen LogP contribution is -1.96. The molecular formula is C23H16BrF2NS. The lowest BCUT2D eigenvalue weighted by molar-refractivity contribution is 0.583. The molecule has 0 aliphatic heterocycles. The number of hydrogen-bond donors (Lipinski definition) is 0. The summed E-state index contributed by atoms with van der Waals surface area (Å²) in [7, 11) is 0. The second-order valence-electron chi connectivity index (χ2n) is 6.52. The molecule has 140 valence electrons. The molecule has 4 rings (SSSR count). The van der Waals surface area contributed by atoms with Gasteiger partial charge in [0.25, 0.3) is 0 Å². The number of benzene rings is 3. The summed E-state index contributed by atoms with van der Waals surface area (Å²) in [4.78, 5) is 5.05. The highest BCUT2D eigenvalue weighted by atomic mass is 79.9. The van der Waals surface area contributed by atoms with Crippen molar-refractivity contribution in [3.8, 4) is 11.3 Å². The molecule has 3 aromatic carbocycles. The number of fused-ring (bicyclic) bond motifs is 1. The monoisotopic (exact) mass is 455 g/mol. The van der Waals surface area contributed by atoms with Crippen molar-refractivity contribution in [2.45, 2.75) is 17.6 Å². The Hall–Kier alpha value is -2.24. The number of hydrogen-bond acceptors (Lipinski definition) is 2. The Kier molecular flexibility index (Phi) is 5.47. The number of aromatic nitrogens is 1. The molecule has 4 aromatic rings. The number of rotatable bonds is 4. The van der Waals surface area contributed by atoms with E-state index in [0.29, 0.717) is 21.9 Å². The molecule has 5 heteroatoms. The van der Waals surface area contributed by atoms with Crippen molar-refractivity contribution in [1.29, 1.82) is 0 Å². The maximum absolute atomic E-state index is 14.8. The van der Waals surface area contributed by atoms with E-state index in [1.165, 1.54) is 23.9 Å². The van der Waals surface area contributed by atoms with E-state index in [9.17, 15) is 8.78 Å². The van der Waals surface area contributed by atoms with Crippen LogP contribution in [0.15, 0.2) is 76.1 Å². The normalized spacial score (nSPS) is 11.1. The summed E-state index contributed by atoms with van der Waals surface area (Å²) in [5.41, 5.74) is 2.95. The molecule has 0 bridgehead atoms. The molecule has 0 N–H and O–H groups in total. The fourth-order valence-corrected chi connectivity index (χ4v) is 4.37. The topological polar surface area (TPSA) is 12.9 Å². The van der Waals surface area contributed by atoms with Crippen molar-refractivity contribution in [3.05, 3.63) is 94.0 Å². The summed E-state index contributed by atoms with van der Waals surface area (Å²) >= 11 is 4.83. The van der Waals surface area contributed by atoms with Crippen LogP contribution in [0.2, 0.25) is 0 Å². The second-order valence-corrected chi connectivity index (χ2v) is 8.49. The third kappa shape index (κ3) is 3.96. The van der Waals surface area contributed by atoms with Crippen LogP contribution in [0.25, 0.3) is 22.2 Å². The average molecular weight is 456 g/mol. The van der Waals surface area contributed by atoms with E-state index in [-0.39, 0.29) is 5.56 Å². The third-order valence-corrected chi connectivity index (χ3v) is 6.04. The van der Waals surface area contributed by atoms with Crippen molar-refractivity contribution in [2.75, 3.05) is 0 Å². The van der Waals surface area contributed by atoms with Gasteiger partial charge in [-0.25, -0.2) is 13.8 Å². The van der Waals surface area contributed by atoms with E-state index in [2.05, 4.69) is 20.9 Å². The van der Waals surface area contributed by atoms with Crippen LogP contribution >= 0.6 is 27.7 Å². The van der Waals surface area contributed by atoms with Gasteiger partial charge in [0, 0.05) is 20.5 Å². The zero-order valence-electron chi connectivity index (χ0n) is 15.0. The van der Waals surface area contributed by atoms with Crippen molar-refractivity contribution >= 4 is 38.6 Å². The molecule has 0 spiro atoms. The predicted octanol–water partition coefficient (Wildman–Crippen LogP) is 7.54. The Morgan fingerprint density at radius 3 is 2.36 bits per heavy atom. The molecular weight excluding hydrogens is 440 g/mol. The van der Waals surface area contributed by atoms with E-state index < -0.39 is 11.6 Å². The van der Waals surface area contributed by atoms with Gasteiger partial charge in [0.2, 0.25) is 0 Å². The van der Waals surface area contributed by atoms with Crippen LogP contribution in [0.1, 0.15) is 11.1 Å². The molecule has 0 aliphatic carbocycles. The van der Waals surface area contributed by atoms with Crippen molar-refractivity contribution in [3.63, 3.8) is 0 Å². The first-order valence-electron chi connectivity index (χ1n) is 8.74. The van der Waals surface area contributed by atoms with Crippen molar-refractivity contribution in [2.24, 2.45) is 0 Å². The zero-order valence-corrected chi connectivity index (χ0v) is 17.4. The Balaban J connectivity index is 1.69. The SMILES string of the molecule is Cc1cc(-c2c(F)cc(SCc3ccccc3)cc2F)nc2cc(Br)ccc12. The van der Waals surface area contributed by atoms with Crippen LogP contribution in [-0.2, 0) is 5.75 Å². The molecule has 0 atom stereocenters. The Labute approximate surface area is 174 Å². The van der Waals surface area contributed by atoms with E-state index in [4.69, 9.17) is 0 Å². The summed E-state index contributed by atoms with van der Waals surface area (Å²) in [6.45, 7) is 1.92. The van der Waals surface area contributed by atoms with Gasteiger partial charge in [-0.15, -0.1) is 11.8 Å². The minimum Gasteiger partial charge on any atom is -0.248 e. The van der Waals surface area contributed by atoms with Gasteiger partial charge in [0.15, 0.2) is 0 Å². The highest BCUT2D eigenvalue weighted by Crippen LogP contribution is 2.33. The van der Waals surface area contributed by atoms with E-state index in [1.54, 1.807) is 6.07 Å². The number of halogens is 3. The van der Waals surface area contributed by atoms with Gasteiger partial charge in [-0.05, 0) is 48.4 Å². The Morgan fingerprint density at radius 1 is 0.929 bits per heavy atom. The van der Waals surface area contributed by atoms with Gasteiger partial charge in [-0.3, -0.25) is 0 Å². The van der Waals surface area contributed by atoms with E-state index in [1.807, 2.05) is 55.5 Å². The molecule has 0 saturated carbocycles. The van der Waals surface area contributed by atoms with Gasteiger partial charge in [-0.2, -0.15) is 0 Å². The molecule has 1 nitrogen and oxygen atoms in total. The van der Waals surface area contributed by atoms with Crippen LogP contribution < -0.4 is 0 Å². The molecule has 0 radical (unpaired) electrons. The summed E-state index contributed by atoms with van der Waals surface area (Å²) in [6.07, 6.45) is 0. The molecule has 0 unspecified atom stereocenters. The summed E-state index contributed by atoms with van der Waals surface area (Å²) < 4.78 is 30.5. The van der Waals surface area contributed by atoms with Gasteiger partial charge in [0.05, 0.1) is 16.8 Å². The molecule has 0 fully saturated rings. The average Bonchev–Trinajstić information content (AvgIpc) is 2.66. The minimum atomic E-state index is -0.600. The van der Waals surface area contributed by atoms with Crippen LogP contribution in [-0.4, -0.2) is 4.98 Å². The highest BCUT2D eigenvalue weighted by Gasteiger charge is 2.16. The van der Waals surface area contributed by atoms with Gasteiger partial charge < -0.3 is 0 Å². The van der Waals surface area contributed by atoms with Crippen LogP contribution in [0.3, 0.4) is 0 Å². The largest absolute Gasteiger partial charge is 0.248 e. The lowest BCUT2D eigenvalue weighted by Gasteiger charge is -2.11. The van der Waals surface area contributed by atoms with Gasteiger partial charge in [-0.1, -0.05) is 52.3 Å². The van der Waals surface area contributed by atoms with Crippen LogP contribution in [0.5, 0.6) is 0 Å². The molecule has 1 heterocycles. The molecule has 0 saturated heterocycles. The Morgan fingerprint density at radius 2 is 1.64 bits per heavy atom. The first-order valence-corrected chi connectivity index (χ1v) is 10.5. The summed E-state index contributed by atoms with van der Waals surface area (Å²) in [5.74, 6) is -0.547. The zero-order chi connectivity index (χ0) is 19.7. The maximum Gasteiger partial charge on any atom is 0.136 e. The predicted molar refractivity (Wildman–Crippen MR) is 116 cm³/mol. The van der Waals surface area contributed by atoms with Crippen LogP contribution in [0.4, 0.5) is 8.78 Å². The first kappa shape index (κ1) is 19.1. The molecule has 1 aromatic heterocycles. The highest BCUT2D eigenvalue weighted by molar-refractivity contribution is 9.10. The van der Waals surface area contributed by atoms with Gasteiger partial charge >= 0.3 is 0 Å². The third-order valence-electron chi connectivity index (χ3n) is 4.50. The van der Waals surface area contributed by atoms with E-state index >= 15 is 0 Å². The fraction of sp³-hybridized carbons (Fsp3) is 0.0870. The minimum absolute atomic E-state index is 0.0889. The Bertz CT molecular complexity index is 1140. The standard InChI is InChI=1S/C23H16BrF2NS/c1-14-9-22(27-21-10-16(24)7-8-18(14)21)23-19(25)11-17(12-20(23)26)28-13-15-5-3-2-4-6-15/h2-12H,13H2,1H3. The summed E-state index contributed by atoms with van der Waals surface area (Å²) in [5, 5.41) is 0.961. The molecule has 28 heavy (non-hydrogen) atoms. The quantitative estimate of drug-likeness (QED) is 0.294. The fourth-order valence-electron chi connectivity index (χ4n) is 3.12.